The highest BCUT2D eigenvalue weighted by molar-refractivity contribution is 6.48. The Morgan fingerprint density at radius 3 is 2.47 bits per heavy atom. The summed E-state index contributed by atoms with van der Waals surface area (Å²) in [6, 6.07) is 8.14. The van der Waals surface area contributed by atoms with Crippen molar-refractivity contribution in [3.8, 4) is 0 Å². The van der Waals surface area contributed by atoms with Crippen molar-refractivity contribution in [2.24, 2.45) is 0 Å². The monoisotopic (exact) mass is 251 g/mol. The van der Waals surface area contributed by atoms with E-state index in [0.29, 0.717) is 6.61 Å². The van der Waals surface area contributed by atoms with E-state index in [1.807, 2.05) is 12.1 Å². The fourth-order valence-corrected chi connectivity index (χ4v) is 2.05. The fraction of sp³-hybridized carbons (Fsp3) is 0.571. The predicted octanol–water partition coefficient (Wildman–Crippen LogP) is 3.29. The van der Waals surface area contributed by atoms with Gasteiger partial charge in [-0.15, -0.1) is 0 Å². The number of rotatable bonds is 4. The molecule has 1 rings (SSSR count). The minimum atomic E-state index is -0.735. The minimum absolute atomic E-state index is 0.112. The summed E-state index contributed by atoms with van der Waals surface area (Å²) in [6.07, 6.45) is -0.516. The van der Waals surface area contributed by atoms with Crippen LogP contribution in [-0.2, 0) is 9.84 Å². The van der Waals surface area contributed by atoms with Crippen LogP contribution in [0.4, 0.5) is 0 Å². The van der Waals surface area contributed by atoms with Gasteiger partial charge in [0.25, 0.3) is 0 Å². The number of hydrogen-bond acceptors (Lipinski definition) is 2. The zero-order chi connectivity index (χ0) is 13.1. The van der Waals surface area contributed by atoms with E-state index in [-0.39, 0.29) is 5.41 Å². The van der Waals surface area contributed by atoms with Gasteiger partial charge in [-0.1, -0.05) is 45.0 Å². The molecule has 0 bridgehead atoms. The molecule has 0 heterocycles. The lowest BCUT2D eigenvalue weighted by Gasteiger charge is -2.21. The maximum Gasteiger partial charge on any atom is 0.205 e. The van der Waals surface area contributed by atoms with E-state index in [2.05, 4.69) is 46.0 Å². The highest BCUT2D eigenvalue weighted by atomic mass is 28.3. The topological polar surface area (TPSA) is 29.5 Å². The molecule has 0 amide bonds. The largest absolute Gasteiger partial charge is 0.414 e. The SMILES string of the molecule is C[Si](C)OCC(O)c1cccc(C(C)(C)C)c1. The summed E-state index contributed by atoms with van der Waals surface area (Å²) in [5, 5.41) is 10.1. The van der Waals surface area contributed by atoms with Crippen molar-refractivity contribution >= 4 is 9.04 Å². The molecule has 1 radical (unpaired) electrons. The molecule has 0 aliphatic carbocycles. The molecule has 0 spiro atoms. The molecular weight excluding hydrogens is 228 g/mol. The van der Waals surface area contributed by atoms with E-state index < -0.39 is 15.1 Å². The minimum Gasteiger partial charge on any atom is -0.414 e. The second-order valence-electron chi connectivity index (χ2n) is 5.61. The first-order valence-electron chi connectivity index (χ1n) is 6.02. The molecule has 1 aromatic carbocycles. The van der Waals surface area contributed by atoms with Gasteiger partial charge in [0.15, 0.2) is 0 Å². The molecule has 1 N–H and O–H groups in total. The van der Waals surface area contributed by atoms with Gasteiger partial charge < -0.3 is 9.53 Å². The van der Waals surface area contributed by atoms with Crippen molar-refractivity contribution in [1.82, 2.24) is 0 Å². The predicted molar refractivity (Wildman–Crippen MR) is 73.5 cm³/mol. The van der Waals surface area contributed by atoms with E-state index in [1.54, 1.807) is 0 Å². The molecule has 0 aromatic heterocycles. The maximum atomic E-state index is 10.1. The summed E-state index contributed by atoms with van der Waals surface area (Å²) in [5.41, 5.74) is 2.30. The molecule has 3 heteroatoms. The molecule has 0 fully saturated rings. The zero-order valence-electron chi connectivity index (χ0n) is 11.4. The van der Waals surface area contributed by atoms with E-state index in [1.165, 1.54) is 5.56 Å². The summed E-state index contributed by atoms with van der Waals surface area (Å²) in [6.45, 7) is 11.1. The number of aliphatic hydroxyl groups is 1. The van der Waals surface area contributed by atoms with Crippen LogP contribution in [0.15, 0.2) is 24.3 Å². The van der Waals surface area contributed by atoms with Crippen LogP contribution in [0.2, 0.25) is 13.1 Å². The first-order chi connectivity index (χ1) is 7.80. The van der Waals surface area contributed by atoms with Gasteiger partial charge in [-0.3, -0.25) is 0 Å². The standard InChI is InChI=1S/C14H23O2Si/c1-14(2,3)12-8-6-7-11(9-12)13(15)10-16-17(4)5/h6-9,13,15H,10H2,1-5H3. The van der Waals surface area contributed by atoms with Gasteiger partial charge in [-0.05, 0) is 29.6 Å². The zero-order valence-corrected chi connectivity index (χ0v) is 12.4. The van der Waals surface area contributed by atoms with Gasteiger partial charge in [0.2, 0.25) is 9.04 Å². The van der Waals surface area contributed by atoms with E-state index >= 15 is 0 Å². The maximum absolute atomic E-state index is 10.1. The average Bonchev–Trinajstić information content (AvgIpc) is 2.25. The molecule has 0 saturated heterocycles. The fourth-order valence-electron chi connectivity index (χ4n) is 1.55. The van der Waals surface area contributed by atoms with Crippen LogP contribution in [0.3, 0.4) is 0 Å². The Labute approximate surface area is 106 Å². The highest BCUT2D eigenvalue weighted by Gasteiger charge is 2.16. The number of aliphatic hydroxyl groups excluding tert-OH is 1. The molecule has 1 aromatic rings. The lowest BCUT2D eigenvalue weighted by Crippen LogP contribution is -2.16. The Hall–Kier alpha value is -0.643. The normalized spacial score (nSPS) is 14.1. The second-order valence-corrected chi connectivity index (χ2v) is 7.72. The van der Waals surface area contributed by atoms with Crippen molar-refractivity contribution < 1.29 is 9.53 Å². The molecule has 17 heavy (non-hydrogen) atoms. The van der Waals surface area contributed by atoms with E-state index in [9.17, 15) is 5.11 Å². The molecule has 0 aliphatic heterocycles. The van der Waals surface area contributed by atoms with E-state index in [4.69, 9.17) is 4.43 Å². The van der Waals surface area contributed by atoms with Crippen LogP contribution in [0.25, 0.3) is 0 Å². The Balaban J connectivity index is 2.77. The Morgan fingerprint density at radius 1 is 1.29 bits per heavy atom. The summed E-state index contributed by atoms with van der Waals surface area (Å²) < 4.78 is 5.54. The Morgan fingerprint density at radius 2 is 1.94 bits per heavy atom. The quantitative estimate of drug-likeness (QED) is 0.832. The van der Waals surface area contributed by atoms with Crippen LogP contribution in [0.1, 0.15) is 38.0 Å². The molecule has 0 aliphatic rings. The molecule has 1 unspecified atom stereocenters. The third-order valence-corrected chi connectivity index (χ3v) is 3.41. The third-order valence-electron chi connectivity index (χ3n) is 2.67. The molecular formula is C14H23O2Si. The van der Waals surface area contributed by atoms with Gasteiger partial charge >= 0.3 is 0 Å². The smallest absolute Gasteiger partial charge is 0.205 e. The average molecular weight is 251 g/mol. The lowest BCUT2D eigenvalue weighted by atomic mass is 9.86. The first kappa shape index (κ1) is 14.4. The summed E-state index contributed by atoms with van der Waals surface area (Å²) in [7, 11) is -0.735. The summed E-state index contributed by atoms with van der Waals surface area (Å²) >= 11 is 0. The van der Waals surface area contributed by atoms with Crippen LogP contribution in [0, 0.1) is 0 Å². The van der Waals surface area contributed by atoms with Crippen molar-refractivity contribution in [2.45, 2.75) is 45.4 Å². The van der Waals surface area contributed by atoms with Crippen molar-refractivity contribution in [1.29, 1.82) is 0 Å². The van der Waals surface area contributed by atoms with Gasteiger partial charge in [-0.2, -0.15) is 0 Å². The van der Waals surface area contributed by atoms with Crippen LogP contribution in [-0.4, -0.2) is 20.8 Å². The second kappa shape index (κ2) is 5.80. The van der Waals surface area contributed by atoms with Crippen molar-refractivity contribution in [2.75, 3.05) is 6.61 Å². The van der Waals surface area contributed by atoms with Crippen LogP contribution in [0.5, 0.6) is 0 Å². The first-order valence-corrected chi connectivity index (χ1v) is 8.43. The molecule has 0 saturated carbocycles. The van der Waals surface area contributed by atoms with Gasteiger partial charge in [0, 0.05) is 0 Å². The van der Waals surface area contributed by atoms with Crippen molar-refractivity contribution in [3.63, 3.8) is 0 Å². The molecule has 95 valence electrons. The van der Waals surface area contributed by atoms with E-state index in [0.717, 1.165) is 5.56 Å². The van der Waals surface area contributed by atoms with Gasteiger partial charge in [-0.25, -0.2) is 0 Å². The molecule has 1 atom stereocenters. The van der Waals surface area contributed by atoms with Gasteiger partial charge in [0.05, 0.1) is 6.61 Å². The van der Waals surface area contributed by atoms with Crippen molar-refractivity contribution in [3.05, 3.63) is 35.4 Å². The van der Waals surface area contributed by atoms with Crippen LogP contribution < -0.4 is 0 Å². The summed E-state index contributed by atoms with van der Waals surface area (Å²) in [4.78, 5) is 0. The van der Waals surface area contributed by atoms with Gasteiger partial charge in [0.1, 0.15) is 6.10 Å². The highest BCUT2D eigenvalue weighted by Crippen LogP contribution is 2.25. The third kappa shape index (κ3) is 4.62. The Bertz CT molecular complexity index is 355. The lowest BCUT2D eigenvalue weighted by molar-refractivity contribution is 0.108. The number of benzene rings is 1. The Kier molecular flexibility index (Phi) is 4.92. The van der Waals surface area contributed by atoms with Crippen LogP contribution >= 0.6 is 0 Å². The number of hydrogen-bond donors (Lipinski definition) is 1. The summed E-state index contributed by atoms with van der Waals surface area (Å²) in [5.74, 6) is 0. The molecule has 2 nitrogen and oxygen atoms in total.